The Balaban J connectivity index is 1.93. The molecule has 0 saturated carbocycles. The number of aryl methyl sites for hydroxylation is 1. The molecule has 1 aliphatic rings. The molecule has 1 aromatic heterocycles. The number of phosphoric ester groups is 1. The molecular weight excluding hydrogens is 579 g/mol. The number of hydrogen-bond donors (Lipinski definition) is 3. The molecule has 1 aliphatic heterocycles. The summed E-state index contributed by atoms with van der Waals surface area (Å²) in [7, 11) is -4.80. The van der Waals surface area contributed by atoms with Gasteiger partial charge < -0.3 is 28.2 Å². The summed E-state index contributed by atoms with van der Waals surface area (Å²) in [6, 6.07) is 0. The van der Waals surface area contributed by atoms with E-state index in [-0.39, 0.29) is 18.4 Å². The van der Waals surface area contributed by atoms with Gasteiger partial charge in [0.2, 0.25) is 0 Å². The van der Waals surface area contributed by atoms with Crippen LogP contribution in [0.15, 0.2) is 15.8 Å². The number of quaternary nitrogens is 2. The van der Waals surface area contributed by atoms with Crippen molar-refractivity contribution in [1.29, 1.82) is 0 Å². The molecule has 3 atom stereocenters. The van der Waals surface area contributed by atoms with Crippen molar-refractivity contribution in [2.45, 2.75) is 98.5 Å². The maximum absolute atomic E-state index is 12.8. The Morgan fingerprint density at radius 2 is 1.51 bits per heavy atom. The molecule has 0 radical (unpaired) electrons. The van der Waals surface area contributed by atoms with E-state index < -0.39 is 50.1 Å². The van der Waals surface area contributed by atoms with Crippen molar-refractivity contribution in [2.24, 2.45) is 0 Å². The molecule has 248 valence electrons. The number of rotatable bonds is 20. The van der Waals surface area contributed by atoms with E-state index in [1.54, 1.807) is 0 Å². The number of nitrogens with zero attached hydrogens (tertiary/aromatic N) is 3. The largest absolute Gasteiger partial charge is 0.469 e. The molecule has 13 nitrogen and oxygen atoms in total. The average molecular weight is 635 g/mol. The van der Waals surface area contributed by atoms with Crippen molar-refractivity contribution in [3.63, 3.8) is 0 Å². The van der Waals surface area contributed by atoms with E-state index >= 15 is 0 Å². The van der Waals surface area contributed by atoms with Crippen molar-refractivity contribution in [3.05, 3.63) is 32.6 Å². The van der Waals surface area contributed by atoms with Gasteiger partial charge in [0.25, 0.3) is 5.56 Å². The molecule has 2 heterocycles. The molecule has 0 spiro atoms. The second-order valence-electron chi connectivity index (χ2n) is 11.8. The first-order chi connectivity index (χ1) is 20.3. The van der Waals surface area contributed by atoms with Crippen LogP contribution in [0.1, 0.15) is 84.9 Å². The number of esters is 1. The zero-order chi connectivity index (χ0) is 32.3. The van der Waals surface area contributed by atoms with Crippen molar-refractivity contribution < 1.29 is 42.1 Å². The van der Waals surface area contributed by atoms with Crippen LogP contribution in [0.3, 0.4) is 0 Å². The van der Waals surface area contributed by atoms with Crippen LogP contribution in [0.4, 0.5) is 0 Å². The number of H-pyrrole nitrogens is 1. The normalized spacial score (nSPS) is 19.6. The van der Waals surface area contributed by atoms with Gasteiger partial charge in [-0.3, -0.25) is 23.7 Å². The highest BCUT2D eigenvalue weighted by atomic mass is 31.2. The Bertz CT molecular complexity index is 1160. The highest BCUT2D eigenvalue weighted by Gasteiger charge is 2.40. The number of carbonyl (C=O) groups is 1. The SMILES string of the molecule is CC[N+](CC)(CC)CCCC[N+](CC)(CC)CCCCC(=O)O[C@H]1C[C@H](n2cc(C)c(=O)[nH]c2=O)O[C@@H]1COP(=O)(O)O. The minimum absolute atomic E-state index is 0.0616. The second-order valence-corrected chi connectivity index (χ2v) is 13.0. The van der Waals surface area contributed by atoms with Gasteiger partial charge in [0.1, 0.15) is 18.4 Å². The zero-order valence-electron chi connectivity index (χ0n) is 27.0. The Hall–Kier alpha value is -1.86. The maximum atomic E-state index is 12.8. The molecule has 0 bridgehead atoms. The van der Waals surface area contributed by atoms with Gasteiger partial charge in [-0.25, -0.2) is 9.36 Å². The Morgan fingerprint density at radius 3 is 2.05 bits per heavy atom. The van der Waals surface area contributed by atoms with Crippen molar-refractivity contribution >= 4 is 13.8 Å². The third-order valence-electron chi connectivity index (χ3n) is 9.46. The van der Waals surface area contributed by atoms with Gasteiger partial charge in [-0.15, -0.1) is 0 Å². The number of carbonyl (C=O) groups excluding carboxylic acids is 1. The van der Waals surface area contributed by atoms with Crippen LogP contribution in [0, 0.1) is 6.92 Å². The summed E-state index contributed by atoms with van der Waals surface area (Å²) in [6.07, 6.45) is 2.72. The van der Waals surface area contributed by atoms with Crippen molar-refractivity contribution in [2.75, 3.05) is 59.0 Å². The van der Waals surface area contributed by atoms with E-state index in [9.17, 15) is 18.9 Å². The molecule has 1 fully saturated rings. The van der Waals surface area contributed by atoms with Crippen LogP contribution in [0.5, 0.6) is 0 Å². The molecule has 14 heteroatoms. The molecule has 0 amide bonds. The van der Waals surface area contributed by atoms with Crippen molar-refractivity contribution in [3.8, 4) is 0 Å². The van der Waals surface area contributed by atoms with Gasteiger partial charge in [-0.1, -0.05) is 0 Å². The molecule has 43 heavy (non-hydrogen) atoms. The number of unbranched alkanes of at least 4 members (excludes halogenated alkanes) is 2. The molecule has 1 saturated heterocycles. The standard InChI is InChI=1S/C29H53N4O9P/c1-7-32(8-2,9-3)17-14-15-19-33(10-4,11-5)18-13-12-16-27(34)42-24-20-26(41-25(24)22-40-43(37,38)39)31-21-23(6)28(35)30-29(31)36/h21,24-26H,7-20,22H2,1-6H3,(H-2,30,35,36,37,38,39)/p+2/t24-,25+,26+/m0/s1. The fourth-order valence-electron chi connectivity index (χ4n) is 6.07. The fourth-order valence-corrected chi connectivity index (χ4v) is 6.41. The summed E-state index contributed by atoms with van der Waals surface area (Å²) >= 11 is 0. The van der Waals surface area contributed by atoms with E-state index in [0.29, 0.717) is 6.42 Å². The van der Waals surface area contributed by atoms with Crippen molar-refractivity contribution in [1.82, 2.24) is 9.55 Å². The summed E-state index contributed by atoms with van der Waals surface area (Å²) in [5.74, 6) is -0.445. The number of aromatic amines is 1. The molecular formula is C29H55N4O9P+2. The number of ether oxygens (including phenoxy) is 2. The third-order valence-corrected chi connectivity index (χ3v) is 9.94. The quantitative estimate of drug-likeness (QED) is 0.0849. The lowest BCUT2D eigenvalue weighted by Gasteiger charge is -2.38. The molecule has 0 aliphatic carbocycles. The van der Waals surface area contributed by atoms with Gasteiger partial charge in [0.15, 0.2) is 0 Å². The topological polar surface area (TPSA) is 157 Å². The van der Waals surface area contributed by atoms with E-state index in [2.05, 4.69) is 44.1 Å². The van der Waals surface area contributed by atoms with Crippen LogP contribution in [0.2, 0.25) is 0 Å². The first-order valence-electron chi connectivity index (χ1n) is 15.8. The van der Waals surface area contributed by atoms with E-state index in [1.807, 2.05) is 0 Å². The lowest BCUT2D eigenvalue weighted by atomic mass is 10.1. The van der Waals surface area contributed by atoms with E-state index in [4.69, 9.17) is 19.3 Å². The molecule has 2 rings (SSSR count). The maximum Gasteiger partial charge on any atom is 0.469 e. The smallest absolute Gasteiger partial charge is 0.459 e. The highest BCUT2D eigenvalue weighted by Crippen LogP contribution is 2.38. The van der Waals surface area contributed by atoms with Crippen LogP contribution in [-0.2, 0) is 23.4 Å². The van der Waals surface area contributed by atoms with Crippen LogP contribution in [0.25, 0.3) is 0 Å². The van der Waals surface area contributed by atoms with Gasteiger partial charge in [-0.05, 0) is 54.4 Å². The fraction of sp³-hybridized carbons (Fsp3) is 0.828. The molecule has 0 unspecified atom stereocenters. The monoisotopic (exact) mass is 634 g/mol. The van der Waals surface area contributed by atoms with E-state index in [0.717, 1.165) is 37.1 Å². The first-order valence-corrected chi connectivity index (χ1v) is 17.4. The second kappa shape index (κ2) is 17.0. The van der Waals surface area contributed by atoms with Crippen LogP contribution >= 0.6 is 7.82 Å². The lowest BCUT2D eigenvalue weighted by Crippen LogP contribution is -2.50. The number of nitrogens with one attached hydrogen (secondary N) is 1. The molecule has 3 N–H and O–H groups in total. The number of hydrogen-bond acceptors (Lipinski definition) is 7. The third kappa shape index (κ3) is 11.2. The summed E-state index contributed by atoms with van der Waals surface area (Å²) in [6.45, 7) is 21.2. The van der Waals surface area contributed by atoms with Gasteiger partial charge in [-0.2, -0.15) is 0 Å². The first kappa shape index (κ1) is 37.3. The van der Waals surface area contributed by atoms with Gasteiger partial charge in [0.05, 0.1) is 59.0 Å². The van der Waals surface area contributed by atoms with Crippen LogP contribution < -0.4 is 11.2 Å². The number of phosphoric acid groups is 1. The Morgan fingerprint density at radius 1 is 0.977 bits per heavy atom. The minimum Gasteiger partial charge on any atom is -0.459 e. The minimum atomic E-state index is -4.80. The lowest BCUT2D eigenvalue weighted by molar-refractivity contribution is -0.930. The number of aromatic nitrogens is 2. The van der Waals surface area contributed by atoms with Gasteiger partial charge >= 0.3 is 19.5 Å². The van der Waals surface area contributed by atoms with E-state index in [1.165, 1.54) is 61.2 Å². The Labute approximate surface area is 255 Å². The summed E-state index contributed by atoms with van der Waals surface area (Å²) in [5.41, 5.74) is -0.936. The van der Waals surface area contributed by atoms with Gasteiger partial charge in [0, 0.05) is 37.4 Å². The zero-order valence-corrected chi connectivity index (χ0v) is 27.9. The van der Waals surface area contributed by atoms with Crippen LogP contribution in [-0.4, -0.2) is 105 Å². The average Bonchev–Trinajstić information content (AvgIpc) is 3.37. The summed E-state index contributed by atoms with van der Waals surface area (Å²) < 4.78 is 30.8. The Kier molecular flexibility index (Phi) is 14.8. The summed E-state index contributed by atoms with van der Waals surface area (Å²) in [5, 5.41) is 0. The predicted molar refractivity (Wildman–Crippen MR) is 163 cm³/mol. The molecule has 0 aromatic carbocycles. The predicted octanol–water partition coefficient (Wildman–Crippen LogP) is 2.84. The highest BCUT2D eigenvalue weighted by molar-refractivity contribution is 7.46. The summed E-state index contributed by atoms with van der Waals surface area (Å²) in [4.78, 5) is 57.5. The molecule has 1 aromatic rings.